The molecule has 0 saturated carbocycles. The van der Waals surface area contributed by atoms with E-state index in [1.807, 2.05) is 30.0 Å². The van der Waals surface area contributed by atoms with Gasteiger partial charge in [0.1, 0.15) is 0 Å². The second kappa shape index (κ2) is 12.9. The highest BCUT2D eigenvalue weighted by Gasteiger charge is 2.14. The fourth-order valence-corrected chi connectivity index (χ4v) is 3.43. The molecule has 1 aromatic rings. The maximum atomic E-state index is 5.67. The smallest absolute Gasteiger partial charge is 0.191 e. The summed E-state index contributed by atoms with van der Waals surface area (Å²) in [5.41, 5.74) is 1.20. The van der Waals surface area contributed by atoms with Gasteiger partial charge in [-0.3, -0.25) is 4.99 Å². The normalized spacial score (nSPS) is 18.1. The van der Waals surface area contributed by atoms with Crippen LogP contribution in [0.4, 0.5) is 0 Å². The SMILES string of the molecule is CCNC(=NCCOCc1ccccc1)NC1CCCSC1.I. The topological polar surface area (TPSA) is 45.7 Å². The molecule has 0 spiro atoms. The lowest BCUT2D eigenvalue weighted by atomic mass is 10.2. The van der Waals surface area contributed by atoms with E-state index in [1.165, 1.54) is 29.9 Å². The van der Waals surface area contributed by atoms with Crippen LogP contribution in [-0.4, -0.2) is 43.2 Å². The Bertz CT molecular complexity index is 439. The molecule has 1 heterocycles. The summed E-state index contributed by atoms with van der Waals surface area (Å²) in [4.78, 5) is 4.60. The number of hydrogen-bond acceptors (Lipinski definition) is 3. The van der Waals surface area contributed by atoms with Crippen LogP contribution >= 0.6 is 35.7 Å². The molecule has 2 rings (SSSR count). The molecule has 23 heavy (non-hydrogen) atoms. The van der Waals surface area contributed by atoms with Crippen LogP contribution in [0.1, 0.15) is 25.3 Å². The minimum atomic E-state index is 0. The number of thioether (sulfide) groups is 1. The molecular formula is C17H28IN3OS. The number of aliphatic imine (C=N–C) groups is 1. The molecule has 0 amide bonds. The number of benzene rings is 1. The van der Waals surface area contributed by atoms with Crippen molar-refractivity contribution in [3.8, 4) is 0 Å². The summed E-state index contributed by atoms with van der Waals surface area (Å²) >= 11 is 2.02. The molecule has 2 N–H and O–H groups in total. The van der Waals surface area contributed by atoms with Crippen LogP contribution < -0.4 is 10.6 Å². The highest BCUT2D eigenvalue weighted by Crippen LogP contribution is 2.16. The van der Waals surface area contributed by atoms with Crippen molar-refractivity contribution in [2.75, 3.05) is 31.2 Å². The maximum Gasteiger partial charge on any atom is 0.191 e. The molecular weight excluding hydrogens is 421 g/mol. The van der Waals surface area contributed by atoms with Gasteiger partial charge >= 0.3 is 0 Å². The third kappa shape index (κ3) is 8.81. The summed E-state index contributed by atoms with van der Waals surface area (Å²) < 4.78 is 5.67. The Balaban J connectivity index is 0.00000264. The first-order chi connectivity index (χ1) is 10.9. The minimum absolute atomic E-state index is 0. The van der Waals surface area contributed by atoms with E-state index >= 15 is 0 Å². The van der Waals surface area contributed by atoms with Gasteiger partial charge in [0.2, 0.25) is 0 Å². The molecule has 0 bridgehead atoms. The van der Waals surface area contributed by atoms with E-state index in [0.29, 0.717) is 25.8 Å². The van der Waals surface area contributed by atoms with Gasteiger partial charge in [-0.1, -0.05) is 30.3 Å². The summed E-state index contributed by atoms with van der Waals surface area (Å²) in [7, 11) is 0. The first kappa shape index (κ1) is 20.6. The van der Waals surface area contributed by atoms with E-state index < -0.39 is 0 Å². The Morgan fingerprint density at radius 3 is 2.87 bits per heavy atom. The fourth-order valence-electron chi connectivity index (χ4n) is 2.35. The van der Waals surface area contributed by atoms with Gasteiger partial charge in [-0.15, -0.1) is 24.0 Å². The number of nitrogens with one attached hydrogen (secondary N) is 2. The Hall–Kier alpha value is -0.470. The first-order valence-electron chi connectivity index (χ1n) is 8.12. The van der Waals surface area contributed by atoms with Crippen LogP contribution in [0, 0.1) is 0 Å². The van der Waals surface area contributed by atoms with Crippen LogP contribution in [0.3, 0.4) is 0 Å². The van der Waals surface area contributed by atoms with Gasteiger partial charge in [0.25, 0.3) is 0 Å². The third-order valence-electron chi connectivity index (χ3n) is 3.46. The molecule has 1 saturated heterocycles. The number of nitrogens with zero attached hydrogens (tertiary/aromatic N) is 1. The highest BCUT2D eigenvalue weighted by atomic mass is 127. The maximum absolute atomic E-state index is 5.67. The summed E-state index contributed by atoms with van der Waals surface area (Å²) in [6.07, 6.45) is 2.53. The van der Waals surface area contributed by atoms with E-state index in [9.17, 15) is 0 Å². The summed E-state index contributed by atoms with van der Waals surface area (Å²) in [5, 5.41) is 6.84. The van der Waals surface area contributed by atoms with Crippen molar-refractivity contribution in [2.24, 2.45) is 4.99 Å². The van der Waals surface area contributed by atoms with E-state index in [4.69, 9.17) is 4.74 Å². The van der Waals surface area contributed by atoms with Crippen LogP contribution in [0.15, 0.2) is 35.3 Å². The molecule has 0 aromatic heterocycles. The van der Waals surface area contributed by atoms with Crippen molar-refractivity contribution in [1.82, 2.24) is 10.6 Å². The molecule has 1 aliphatic heterocycles. The second-order valence-electron chi connectivity index (χ2n) is 5.36. The van der Waals surface area contributed by atoms with Crippen LogP contribution in [0.5, 0.6) is 0 Å². The monoisotopic (exact) mass is 449 g/mol. The number of guanidine groups is 1. The third-order valence-corrected chi connectivity index (χ3v) is 4.68. The summed E-state index contributed by atoms with van der Waals surface area (Å²) in [6.45, 7) is 4.96. The predicted molar refractivity (Wildman–Crippen MR) is 111 cm³/mol. The van der Waals surface area contributed by atoms with Crippen molar-refractivity contribution < 1.29 is 4.74 Å². The van der Waals surface area contributed by atoms with Crippen molar-refractivity contribution in [3.63, 3.8) is 0 Å². The van der Waals surface area contributed by atoms with Gasteiger partial charge in [0.15, 0.2) is 5.96 Å². The Morgan fingerprint density at radius 2 is 2.17 bits per heavy atom. The average Bonchev–Trinajstić information content (AvgIpc) is 2.56. The van der Waals surface area contributed by atoms with E-state index in [-0.39, 0.29) is 24.0 Å². The average molecular weight is 449 g/mol. The fraction of sp³-hybridized carbons (Fsp3) is 0.588. The van der Waals surface area contributed by atoms with Gasteiger partial charge in [-0.2, -0.15) is 11.8 Å². The zero-order chi connectivity index (χ0) is 15.5. The predicted octanol–water partition coefficient (Wildman–Crippen LogP) is 3.27. The Kier molecular flexibility index (Phi) is 11.5. The molecule has 0 aliphatic carbocycles. The van der Waals surface area contributed by atoms with Crippen molar-refractivity contribution in [1.29, 1.82) is 0 Å². The molecule has 4 nitrogen and oxygen atoms in total. The van der Waals surface area contributed by atoms with Crippen LogP contribution in [0.2, 0.25) is 0 Å². The van der Waals surface area contributed by atoms with Crippen molar-refractivity contribution in [3.05, 3.63) is 35.9 Å². The number of ether oxygens (including phenoxy) is 1. The lowest BCUT2D eigenvalue weighted by Crippen LogP contribution is -2.45. The van der Waals surface area contributed by atoms with Crippen LogP contribution in [0.25, 0.3) is 0 Å². The van der Waals surface area contributed by atoms with Crippen LogP contribution in [-0.2, 0) is 11.3 Å². The van der Waals surface area contributed by atoms with Crippen molar-refractivity contribution >= 4 is 41.7 Å². The lowest BCUT2D eigenvalue weighted by Gasteiger charge is -2.24. The highest BCUT2D eigenvalue weighted by molar-refractivity contribution is 14.0. The van der Waals surface area contributed by atoms with Gasteiger partial charge in [-0.25, -0.2) is 0 Å². The van der Waals surface area contributed by atoms with Gasteiger partial charge < -0.3 is 15.4 Å². The van der Waals surface area contributed by atoms with Gasteiger partial charge in [0, 0.05) is 18.3 Å². The van der Waals surface area contributed by atoms with Crippen molar-refractivity contribution in [2.45, 2.75) is 32.4 Å². The largest absolute Gasteiger partial charge is 0.375 e. The van der Waals surface area contributed by atoms with E-state index in [1.54, 1.807) is 0 Å². The molecule has 1 fully saturated rings. The molecule has 0 radical (unpaired) electrons. The first-order valence-corrected chi connectivity index (χ1v) is 9.28. The minimum Gasteiger partial charge on any atom is -0.375 e. The molecule has 1 unspecified atom stereocenters. The standard InChI is InChI=1S/C17H27N3OS.HI/c1-2-18-17(20-16-9-6-12-22-14-16)19-10-11-21-13-15-7-4-3-5-8-15;/h3-5,7-8,16H,2,6,9-14H2,1H3,(H2,18,19,20);1H. The zero-order valence-corrected chi connectivity index (χ0v) is 16.9. The lowest BCUT2D eigenvalue weighted by molar-refractivity contribution is 0.128. The molecule has 130 valence electrons. The number of hydrogen-bond donors (Lipinski definition) is 2. The Labute approximate surface area is 161 Å². The summed E-state index contributed by atoms with van der Waals surface area (Å²) in [6, 6.07) is 10.8. The Morgan fingerprint density at radius 1 is 1.35 bits per heavy atom. The van der Waals surface area contributed by atoms with Gasteiger partial charge in [0.05, 0.1) is 19.8 Å². The number of rotatable bonds is 7. The van der Waals surface area contributed by atoms with E-state index in [0.717, 1.165) is 12.5 Å². The molecule has 1 aliphatic rings. The molecule has 1 atom stereocenters. The summed E-state index contributed by atoms with van der Waals surface area (Å²) in [5.74, 6) is 3.38. The molecule has 6 heteroatoms. The zero-order valence-electron chi connectivity index (χ0n) is 13.8. The quantitative estimate of drug-likeness (QED) is 0.290. The van der Waals surface area contributed by atoms with Gasteiger partial charge in [-0.05, 0) is 31.1 Å². The number of halogens is 1. The second-order valence-corrected chi connectivity index (χ2v) is 6.51. The molecule has 1 aromatic carbocycles. The van der Waals surface area contributed by atoms with E-state index in [2.05, 4.69) is 34.7 Å².